The van der Waals surface area contributed by atoms with Crippen molar-refractivity contribution in [2.75, 3.05) is 37.4 Å². The van der Waals surface area contributed by atoms with E-state index in [0.717, 1.165) is 22.1 Å². The molecule has 2 heterocycles. The Morgan fingerprint density at radius 1 is 1.11 bits per heavy atom. The SMILES string of the molecule is C[C@@H]1CN([C@H](C)CO)C(=O)Cc2cc(NC(=O)Nc3cccc4ccccc34)ccc2O[C@@H]1CN(C)S(=O)(=O)c1cccs1. The zero-order valence-corrected chi connectivity index (χ0v) is 26.4. The highest BCUT2D eigenvalue weighted by Crippen LogP contribution is 2.31. The van der Waals surface area contributed by atoms with E-state index in [2.05, 4.69) is 10.6 Å². The molecule has 0 saturated carbocycles. The molecule has 0 saturated heterocycles. The van der Waals surface area contributed by atoms with Crippen LogP contribution in [0.5, 0.6) is 5.75 Å². The number of nitrogens with one attached hydrogen (secondary N) is 2. The van der Waals surface area contributed by atoms with Gasteiger partial charge >= 0.3 is 6.03 Å². The minimum Gasteiger partial charge on any atom is -0.488 e. The molecule has 0 bridgehead atoms. The minimum atomic E-state index is -3.73. The van der Waals surface area contributed by atoms with Crippen LogP contribution in [0.2, 0.25) is 0 Å². The Kier molecular flexibility index (Phi) is 9.54. The number of benzene rings is 3. The molecule has 1 aromatic heterocycles. The number of rotatable bonds is 8. The van der Waals surface area contributed by atoms with E-state index >= 15 is 0 Å². The molecule has 3 N–H and O–H groups in total. The van der Waals surface area contributed by atoms with Crippen LogP contribution in [-0.2, 0) is 21.2 Å². The van der Waals surface area contributed by atoms with Crippen molar-refractivity contribution in [2.24, 2.45) is 5.92 Å². The fourth-order valence-corrected chi connectivity index (χ4v) is 7.64. The van der Waals surface area contributed by atoms with Crippen molar-refractivity contribution >= 4 is 55.4 Å². The maximum Gasteiger partial charge on any atom is 0.323 e. The van der Waals surface area contributed by atoms with Gasteiger partial charge in [-0.3, -0.25) is 4.79 Å². The Morgan fingerprint density at radius 2 is 1.89 bits per heavy atom. The van der Waals surface area contributed by atoms with Gasteiger partial charge in [-0.25, -0.2) is 13.2 Å². The summed E-state index contributed by atoms with van der Waals surface area (Å²) in [6.45, 7) is 3.76. The third kappa shape index (κ3) is 6.88. The van der Waals surface area contributed by atoms with Crippen LogP contribution in [0.1, 0.15) is 19.4 Å². The molecule has 0 aliphatic carbocycles. The summed E-state index contributed by atoms with van der Waals surface area (Å²) in [7, 11) is -2.22. The van der Waals surface area contributed by atoms with Crippen molar-refractivity contribution in [1.82, 2.24) is 9.21 Å². The molecule has 1 aliphatic rings. The molecular weight excluding hydrogens is 601 g/mol. The molecular formula is C32H36N4O6S2. The second-order valence-corrected chi connectivity index (χ2v) is 14.3. The van der Waals surface area contributed by atoms with Crippen LogP contribution < -0.4 is 15.4 Å². The summed E-state index contributed by atoms with van der Waals surface area (Å²) in [5.41, 5.74) is 1.66. The first kappa shape index (κ1) is 31.5. The van der Waals surface area contributed by atoms with Crippen LogP contribution in [0.15, 0.2) is 82.4 Å². The number of sulfonamides is 1. The zero-order valence-electron chi connectivity index (χ0n) is 24.8. The molecule has 3 aromatic carbocycles. The topological polar surface area (TPSA) is 128 Å². The number of carbonyl (C=O) groups is 2. The lowest BCUT2D eigenvalue weighted by atomic mass is 10.0. The molecule has 10 nitrogen and oxygen atoms in total. The summed E-state index contributed by atoms with van der Waals surface area (Å²) in [6.07, 6.45) is -0.635. The van der Waals surface area contributed by atoms with Crippen molar-refractivity contribution in [1.29, 1.82) is 0 Å². The van der Waals surface area contributed by atoms with Crippen LogP contribution in [0, 0.1) is 5.92 Å². The van der Waals surface area contributed by atoms with Crippen LogP contribution in [0.4, 0.5) is 16.2 Å². The number of aliphatic hydroxyl groups excluding tert-OH is 1. The molecule has 0 spiro atoms. The lowest BCUT2D eigenvalue weighted by Crippen LogP contribution is -2.48. The summed E-state index contributed by atoms with van der Waals surface area (Å²) >= 11 is 1.14. The molecule has 3 amide bonds. The number of likely N-dealkylation sites (N-methyl/N-ethyl adjacent to an activating group) is 1. The van der Waals surface area contributed by atoms with E-state index in [4.69, 9.17) is 4.74 Å². The number of anilines is 2. The summed E-state index contributed by atoms with van der Waals surface area (Å²) < 4.78 is 34.4. The van der Waals surface area contributed by atoms with Crippen molar-refractivity contribution in [3.63, 3.8) is 0 Å². The second kappa shape index (κ2) is 13.3. The first-order chi connectivity index (χ1) is 21.1. The molecule has 12 heteroatoms. The predicted molar refractivity (Wildman–Crippen MR) is 173 cm³/mol. The van der Waals surface area contributed by atoms with E-state index in [1.54, 1.807) is 47.5 Å². The fraction of sp³-hybridized carbons (Fsp3) is 0.312. The molecule has 44 heavy (non-hydrogen) atoms. The molecule has 1 aliphatic heterocycles. The first-order valence-electron chi connectivity index (χ1n) is 14.3. The van der Waals surface area contributed by atoms with E-state index in [-0.39, 0.29) is 42.2 Å². The van der Waals surface area contributed by atoms with Crippen LogP contribution in [0.25, 0.3) is 10.8 Å². The number of hydrogen-bond donors (Lipinski definition) is 3. The highest BCUT2D eigenvalue weighted by atomic mass is 32.2. The van der Waals surface area contributed by atoms with Crippen molar-refractivity contribution in [2.45, 2.75) is 36.6 Å². The summed E-state index contributed by atoms with van der Waals surface area (Å²) in [6, 6.07) is 20.8. The summed E-state index contributed by atoms with van der Waals surface area (Å²) in [5.74, 6) is -0.0550. The molecule has 3 atom stereocenters. The Bertz CT molecular complexity index is 1740. The number of fused-ring (bicyclic) bond motifs is 2. The van der Waals surface area contributed by atoms with Gasteiger partial charge in [0.05, 0.1) is 31.3 Å². The summed E-state index contributed by atoms with van der Waals surface area (Å²) in [4.78, 5) is 28.1. The average molecular weight is 637 g/mol. The molecule has 232 valence electrons. The molecule has 0 fully saturated rings. The van der Waals surface area contributed by atoms with Gasteiger partial charge in [-0.2, -0.15) is 4.31 Å². The highest BCUT2D eigenvalue weighted by molar-refractivity contribution is 7.91. The molecule has 0 radical (unpaired) electrons. The van der Waals surface area contributed by atoms with E-state index in [0.29, 0.717) is 22.7 Å². The van der Waals surface area contributed by atoms with Gasteiger partial charge in [-0.1, -0.05) is 49.4 Å². The van der Waals surface area contributed by atoms with E-state index in [1.165, 1.54) is 11.4 Å². The van der Waals surface area contributed by atoms with Gasteiger partial charge in [-0.15, -0.1) is 11.3 Å². The number of thiophene rings is 1. The largest absolute Gasteiger partial charge is 0.488 e. The highest BCUT2D eigenvalue weighted by Gasteiger charge is 2.33. The van der Waals surface area contributed by atoms with E-state index in [9.17, 15) is 23.1 Å². The third-order valence-corrected chi connectivity index (χ3v) is 11.0. The van der Waals surface area contributed by atoms with Crippen LogP contribution in [-0.4, -0.2) is 73.6 Å². The van der Waals surface area contributed by atoms with Crippen molar-refractivity contribution in [3.8, 4) is 5.75 Å². The van der Waals surface area contributed by atoms with Gasteiger partial charge in [0.15, 0.2) is 0 Å². The second-order valence-electron chi connectivity index (χ2n) is 11.0. The number of carbonyl (C=O) groups excluding carboxylic acids is 2. The van der Waals surface area contributed by atoms with Gasteiger partial charge < -0.3 is 25.4 Å². The quantitative estimate of drug-likeness (QED) is 0.249. The monoisotopic (exact) mass is 636 g/mol. The third-order valence-electron chi connectivity index (χ3n) is 7.81. The molecule has 0 unspecified atom stereocenters. The lowest BCUT2D eigenvalue weighted by Gasteiger charge is -2.33. The number of urea groups is 1. The first-order valence-corrected chi connectivity index (χ1v) is 16.6. The Hall–Kier alpha value is -3.97. The van der Waals surface area contributed by atoms with Crippen molar-refractivity contribution < 1.29 is 27.9 Å². The van der Waals surface area contributed by atoms with Crippen molar-refractivity contribution in [3.05, 3.63) is 83.7 Å². The molecule has 4 aromatic rings. The van der Waals surface area contributed by atoms with Gasteiger partial charge in [0, 0.05) is 36.1 Å². The van der Waals surface area contributed by atoms with Gasteiger partial charge in [-0.05, 0) is 48.0 Å². The van der Waals surface area contributed by atoms with Gasteiger partial charge in [0.2, 0.25) is 5.91 Å². The predicted octanol–water partition coefficient (Wildman–Crippen LogP) is 5.02. The number of amides is 3. The van der Waals surface area contributed by atoms with E-state index < -0.39 is 28.2 Å². The van der Waals surface area contributed by atoms with Gasteiger partial charge in [0.25, 0.3) is 10.0 Å². The Morgan fingerprint density at radius 3 is 2.64 bits per heavy atom. The number of ether oxygens (including phenoxy) is 1. The van der Waals surface area contributed by atoms with Crippen LogP contribution >= 0.6 is 11.3 Å². The zero-order chi connectivity index (χ0) is 31.4. The lowest BCUT2D eigenvalue weighted by molar-refractivity contribution is -0.134. The Labute approximate surface area is 261 Å². The number of aliphatic hydroxyl groups is 1. The minimum absolute atomic E-state index is 0.0249. The average Bonchev–Trinajstić information content (AvgIpc) is 3.57. The van der Waals surface area contributed by atoms with Crippen LogP contribution in [0.3, 0.4) is 0 Å². The van der Waals surface area contributed by atoms with Gasteiger partial charge in [0.1, 0.15) is 16.1 Å². The van der Waals surface area contributed by atoms with E-state index in [1.807, 2.05) is 49.4 Å². The normalized spacial score (nSPS) is 18.1. The number of nitrogens with zero attached hydrogens (tertiary/aromatic N) is 2. The maximum atomic E-state index is 13.5. The summed E-state index contributed by atoms with van der Waals surface area (Å²) in [5, 5.41) is 19.3. The molecule has 5 rings (SSSR count). The Balaban J connectivity index is 1.41. The standard InChI is InChI=1S/C32H36N4O6S2/c1-21-18-36(22(2)20-37)30(38)17-24-16-25(33-32(39)34-27-11-6-9-23-8-4-5-10-26(23)27)13-14-28(24)42-29(21)19-35(3)44(40,41)31-12-7-15-43-31/h4-16,21-22,29,37H,17-20H2,1-3H3,(H2,33,34,39)/t21-,22-,29-/m1/s1. The fourth-order valence-electron chi connectivity index (χ4n) is 5.26. The maximum absolute atomic E-state index is 13.5. The number of hydrogen-bond acceptors (Lipinski definition) is 7. The smallest absolute Gasteiger partial charge is 0.323 e.